The van der Waals surface area contributed by atoms with E-state index in [9.17, 15) is 36.8 Å². The van der Waals surface area contributed by atoms with Crippen LogP contribution in [-0.2, 0) is 26.2 Å². The highest BCUT2D eigenvalue weighted by Gasteiger charge is 2.37. The number of halogens is 2. The number of pyridine rings is 1. The molecule has 0 radical (unpaired) electrons. The van der Waals surface area contributed by atoms with Crippen molar-refractivity contribution >= 4 is 33.6 Å². The molecule has 4 rings (SSSR count). The molecule has 0 bridgehead atoms. The molecule has 15 heteroatoms. The van der Waals surface area contributed by atoms with Gasteiger partial charge in [0.2, 0.25) is 15.9 Å². The SMILES string of the molecule is CC(C)(C)C(=O)Nc1cc(C#N)cnc1COC(=O)N1CC2=C(C1)CN(C(=O)c1c(F)cc(S(N)(=O)=O)cc1F)C2. The van der Waals surface area contributed by atoms with Gasteiger partial charge in [-0.05, 0) is 29.3 Å². The minimum Gasteiger partial charge on any atom is -0.443 e. The first kappa shape index (κ1) is 29.6. The zero-order valence-corrected chi connectivity index (χ0v) is 23.1. The maximum Gasteiger partial charge on any atom is 0.410 e. The summed E-state index contributed by atoms with van der Waals surface area (Å²) in [6.07, 6.45) is 0.606. The minimum atomic E-state index is -4.37. The Kier molecular flexibility index (Phi) is 7.83. The molecule has 41 heavy (non-hydrogen) atoms. The van der Waals surface area contributed by atoms with Crippen molar-refractivity contribution in [3.8, 4) is 6.07 Å². The number of primary sulfonamides is 1. The first-order valence-corrected chi connectivity index (χ1v) is 13.8. The van der Waals surface area contributed by atoms with Crippen molar-refractivity contribution in [2.24, 2.45) is 10.6 Å². The molecule has 3 amide bonds. The number of nitrogens with one attached hydrogen (secondary N) is 1. The molecule has 1 aromatic heterocycles. The second-order valence-corrected chi connectivity index (χ2v) is 12.2. The van der Waals surface area contributed by atoms with Crippen LogP contribution in [0.25, 0.3) is 0 Å². The van der Waals surface area contributed by atoms with E-state index in [1.54, 1.807) is 20.8 Å². The zero-order chi connectivity index (χ0) is 30.3. The van der Waals surface area contributed by atoms with E-state index in [-0.39, 0.29) is 55.6 Å². The van der Waals surface area contributed by atoms with Crippen LogP contribution in [0.3, 0.4) is 0 Å². The molecule has 0 fully saturated rings. The standard InChI is InChI=1S/C26H26F2N6O6S/c1-26(2,3)24(36)32-20-4-14(7-29)8-31-21(20)13-40-25(37)34-11-15-9-33(10-16(15)12-34)23(35)22-18(27)5-17(6-19(22)28)41(30,38)39/h4-6,8H,9-13H2,1-3H3,(H,32,36)(H2,30,38,39). The number of aromatic nitrogens is 1. The Balaban J connectivity index is 1.37. The predicted molar refractivity (Wildman–Crippen MR) is 139 cm³/mol. The molecule has 0 saturated carbocycles. The third-order valence-corrected chi connectivity index (χ3v) is 7.38. The largest absolute Gasteiger partial charge is 0.443 e. The maximum absolute atomic E-state index is 14.5. The molecular weight excluding hydrogens is 562 g/mol. The number of carbonyl (C=O) groups is 3. The van der Waals surface area contributed by atoms with E-state index >= 15 is 0 Å². The Morgan fingerprint density at radius 2 is 1.63 bits per heavy atom. The lowest BCUT2D eigenvalue weighted by atomic mass is 9.95. The number of anilines is 1. The monoisotopic (exact) mass is 588 g/mol. The summed E-state index contributed by atoms with van der Waals surface area (Å²) in [6, 6.07) is 4.36. The summed E-state index contributed by atoms with van der Waals surface area (Å²) >= 11 is 0. The number of hydrogen-bond acceptors (Lipinski definition) is 8. The highest BCUT2D eigenvalue weighted by atomic mass is 32.2. The number of hydrogen-bond donors (Lipinski definition) is 2. The van der Waals surface area contributed by atoms with E-state index in [2.05, 4.69) is 10.3 Å². The van der Waals surface area contributed by atoms with E-state index < -0.39 is 49.5 Å². The molecule has 1 aromatic carbocycles. The number of ether oxygens (including phenoxy) is 1. The lowest BCUT2D eigenvalue weighted by Crippen LogP contribution is -2.37. The molecule has 3 heterocycles. The number of amides is 3. The Morgan fingerprint density at radius 3 is 2.15 bits per heavy atom. The summed E-state index contributed by atoms with van der Waals surface area (Å²) in [4.78, 5) is 44.0. The second-order valence-electron chi connectivity index (χ2n) is 10.6. The Labute approximate surface area is 234 Å². The van der Waals surface area contributed by atoms with E-state index in [4.69, 9.17) is 9.88 Å². The van der Waals surface area contributed by atoms with Crippen molar-refractivity contribution in [2.45, 2.75) is 32.3 Å². The summed E-state index contributed by atoms with van der Waals surface area (Å²) in [5, 5.41) is 16.8. The van der Waals surface area contributed by atoms with Crippen molar-refractivity contribution in [3.63, 3.8) is 0 Å². The minimum absolute atomic E-state index is 0.00786. The normalized spacial score (nSPS) is 15.0. The molecule has 12 nitrogen and oxygen atoms in total. The van der Waals surface area contributed by atoms with Crippen LogP contribution in [0.15, 0.2) is 40.4 Å². The highest BCUT2D eigenvalue weighted by Crippen LogP contribution is 2.29. The molecule has 0 aliphatic carbocycles. The lowest BCUT2D eigenvalue weighted by Gasteiger charge is -2.23. The quantitative estimate of drug-likeness (QED) is 0.500. The Morgan fingerprint density at radius 1 is 1.07 bits per heavy atom. The van der Waals surface area contributed by atoms with Gasteiger partial charge in [0, 0.05) is 37.8 Å². The Hall–Kier alpha value is -4.42. The third-order valence-electron chi connectivity index (χ3n) is 6.49. The van der Waals surface area contributed by atoms with E-state index in [0.717, 1.165) is 0 Å². The third kappa shape index (κ3) is 6.34. The molecule has 2 aliphatic heterocycles. The zero-order valence-electron chi connectivity index (χ0n) is 22.3. The summed E-state index contributed by atoms with van der Waals surface area (Å²) in [6.45, 7) is 5.10. The van der Waals surface area contributed by atoms with Gasteiger partial charge in [-0.3, -0.25) is 14.6 Å². The van der Waals surface area contributed by atoms with Crippen LogP contribution in [0.1, 0.15) is 42.4 Å². The van der Waals surface area contributed by atoms with Crippen LogP contribution < -0.4 is 10.5 Å². The fourth-order valence-corrected chi connectivity index (χ4v) is 4.77. The Bertz CT molecular complexity index is 1600. The molecule has 3 N–H and O–H groups in total. The van der Waals surface area contributed by atoms with Gasteiger partial charge in [0.15, 0.2) is 0 Å². The number of nitrogens with two attached hydrogens (primary N) is 1. The van der Waals surface area contributed by atoms with E-state index in [0.29, 0.717) is 23.3 Å². The number of nitriles is 1. The van der Waals surface area contributed by atoms with Crippen molar-refractivity contribution in [2.75, 3.05) is 31.5 Å². The number of rotatable bonds is 5. The first-order valence-electron chi connectivity index (χ1n) is 12.2. The number of nitrogens with zero attached hydrogens (tertiary/aromatic N) is 4. The van der Waals surface area contributed by atoms with Gasteiger partial charge in [0.1, 0.15) is 35.6 Å². The van der Waals surface area contributed by atoms with Crippen molar-refractivity contribution in [1.29, 1.82) is 5.26 Å². The second kappa shape index (κ2) is 10.9. The number of sulfonamides is 1. The maximum atomic E-state index is 14.5. The van der Waals surface area contributed by atoms with Crippen LogP contribution in [0, 0.1) is 28.4 Å². The molecule has 216 valence electrons. The van der Waals surface area contributed by atoms with Gasteiger partial charge in [-0.25, -0.2) is 27.1 Å². The fraction of sp³-hybridized carbons (Fsp3) is 0.346. The van der Waals surface area contributed by atoms with Crippen LogP contribution >= 0.6 is 0 Å². The summed E-state index contributed by atoms with van der Waals surface area (Å²) in [5.41, 5.74) is 0.467. The molecule has 0 saturated heterocycles. The van der Waals surface area contributed by atoms with Gasteiger partial charge < -0.3 is 19.9 Å². The van der Waals surface area contributed by atoms with Crippen molar-refractivity contribution < 1.29 is 36.3 Å². The van der Waals surface area contributed by atoms with Crippen LogP contribution in [-0.4, -0.2) is 67.3 Å². The smallest absolute Gasteiger partial charge is 0.410 e. The van der Waals surface area contributed by atoms with Gasteiger partial charge >= 0.3 is 6.09 Å². The highest BCUT2D eigenvalue weighted by molar-refractivity contribution is 7.89. The first-order chi connectivity index (χ1) is 19.1. The van der Waals surface area contributed by atoms with Gasteiger partial charge in [-0.1, -0.05) is 20.8 Å². The van der Waals surface area contributed by atoms with Gasteiger partial charge in [-0.15, -0.1) is 0 Å². The predicted octanol–water partition coefficient (Wildman–Crippen LogP) is 2.27. The van der Waals surface area contributed by atoms with Gasteiger partial charge in [0.25, 0.3) is 5.91 Å². The molecular formula is C26H26F2N6O6S. The molecule has 0 spiro atoms. The van der Waals surface area contributed by atoms with Crippen LogP contribution in [0.4, 0.5) is 19.3 Å². The molecule has 2 aromatic rings. The van der Waals surface area contributed by atoms with Crippen LogP contribution in [0.2, 0.25) is 0 Å². The average Bonchev–Trinajstić information content (AvgIpc) is 3.46. The molecule has 2 aliphatic rings. The van der Waals surface area contributed by atoms with Gasteiger partial charge in [-0.2, -0.15) is 5.26 Å². The molecule has 0 atom stereocenters. The summed E-state index contributed by atoms with van der Waals surface area (Å²) < 4.78 is 57.2. The number of carbonyl (C=O) groups excluding carboxylic acids is 3. The average molecular weight is 589 g/mol. The summed E-state index contributed by atoms with van der Waals surface area (Å²) in [7, 11) is -4.37. The van der Waals surface area contributed by atoms with E-state index in [1.807, 2.05) is 6.07 Å². The van der Waals surface area contributed by atoms with Crippen LogP contribution in [0.5, 0.6) is 0 Å². The lowest BCUT2D eigenvalue weighted by molar-refractivity contribution is -0.123. The van der Waals surface area contributed by atoms with E-state index in [1.165, 1.54) is 22.1 Å². The molecule has 0 unspecified atom stereocenters. The van der Waals surface area contributed by atoms with Crippen molar-refractivity contribution in [1.82, 2.24) is 14.8 Å². The van der Waals surface area contributed by atoms with Gasteiger partial charge in [0.05, 0.1) is 16.1 Å². The fourth-order valence-electron chi connectivity index (χ4n) is 4.24. The van der Waals surface area contributed by atoms with Crippen molar-refractivity contribution in [3.05, 3.63) is 64.0 Å². The topological polar surface area (TPSA) is 176 Å². The summed E-state index contributed by atoms with van der Waals surface area (Å²) in [5.74, 6) is -4.00. The number of benzene rings is 1.